The van der Waals surface area contributed by atoms with Crippen LogP contribution in [-0.4, -0.2) is 50.0 Å². The first-order valence-corrected chi connectivity index (χ1v) is 16.4. The molecule has 10 heteroatoms. The standard InChI is InChI=1S/C32H37ClFN3O4S/c1-23-10-9-13-25(18-23)21-36(31(38)22-37(42(2,40)41)27-16-17-29(34)28(33)20-27)30(19-24-11-5-3-6-12-24)32(39)35-26-14-7-4-8-15-26/h3,5-6,9-13,16-18,20,26,30H,4,7-8,14-15,19,21-22H2,1-2H3,(H,35,39)/t30-/m0/s1. The summed E-state index contributed by atoms with van der Waals surface area (Å²) in [5.41, 5.74) is 2.72. The molecule has 0 saturated heterocycles. The molecule has 42 heavy (non-hydrogen) atoms. The molecule has 0 radical (unpaired) electrons. The first-order chi connectivity index (χ1) is 20.0. The Hall–Kier alpha value is -3.43. The summed E-state index contributed by atoms with van der Waals surface area (Å²) in [5.74, 6) is -1.55. The minimum Gasteiger partial charge on any atom is -0.352 e. The Morgan fingerprint density at radius 1 is 0.976 bits per heavy atom. The zero-order valence-electron chi connectivity index (χ0n) is 23.9. The quantitative estimate of drug-likeness (QED) is 0.303. The first-order valence-electron chi connectivity index (χ1n) is 14.1. The van der Waals surface area contributed by atoms with Crippen molar-refractivity contribution in [3.8, 4) is 0 Å². The third-order valence-electron chi connectivity index (χ3n) is 7.53. The maximum atomic E-state index is 14.2. The van der Waals surface area contributed by atoms with E-state index in [-0.39, 0.29) is 35.6 Å². The van der Waals surface area contributed by atoms with Gasteiger partial charge >= 0.3 is 0 Å². The second-order valence-electron chi connectivity index (χ2n) is 10.9. The molecule has 2 amide bonds. The first kappa shape index (κ1) is 31.5. The molecule has 224 valence electrons. The third-order valence-corrected chi connectivity index (χ3v) is 8.96. The van der Waals surface area contributed by atoms with Crippen molar-refractivity contribution in [3.63, 3.8) is 0 Å². The molecule has 7 nitrogen and oxygen atoms in total. The normalized spacial score (nSPS) is 14.7. The van der Waals surface area contributed by atoms with Gasteiger partial charge in [0.15, 0.2) is 0 Å². The van der Waals surface area contributed by atoms with Gasteiger partial charge < -0.3 is 10.2 Å². The Morgan fingerprint density at radius 3 is 2.31 bits per heavy atom. The van der Waals surface area contributed by atoms with Gasteiger partial charge in [-0.25, -0.2) is 12.8 Å². The van der Waals surface area contributed by atoms with Crippen LogP contribution in [0.15, 0.2) is 72.8 Å². The zero-order valence-corrected chi connectivity index (χ0v) is 25.5. The molecule has 0 spiro atoms. The van der Waals surface area contributed by atoms with Gasteiger partial charge in [-0.05, 0) is 49.1 Å². The van der Waals surface area contributed by atoms with Crippen molar-refractivity contribution in [1.29, 1.82) is 0 Å². The summed E-state index contributed by atoms with van der Waals surface area (Å²) in [6.07, 6.45) is 6.17. The summed E-state index contributed by atoms with van der Waals surface area (Å²) in [7, 11) is -3.98. The molecule has 1 aliphatic carbocycles. The van der Waals surface area contributed by atoms with Gasteiger partial charge in [0.25, 0.3) is 0 Å². The number of hydrogen-bond donors (Lipinski definition) is 1. The van der Waals surface area contributed by atoms with Crippen LogP contribution in [0, 0.1) is 12.7 Å². The number of carbonyl (C=O) groups is 2. The van der Waals surface area contributed by atoms with Crippen LogP contribution in [0.5, 0.6) is 0 Å². The lowest BCUT2D eigenvalue weighted by molar-refractivity contribution is -0.140. The maximum absolute atomic E-state index is 14.2. The summed E-state index contributed by atoms with van der Waals surface area (Å²) < 4.78 is 40.6. The van der Waals surface area contributed by atoms with E-state index < -0.39 is 34.3 Å². The number of anilines is 1. The Balaban J connectivity index is 1.73. The molecule has 4 rings (SSSR count). The van der Waals surface area contributed by atoms with Gasteiger partial charge in [-0.3, -0.25) is 13.9 Å². The number of halogens is 2. The van der Waals surface area contributed by atoms with Crippen LogP contribution in [-0.2, 0) is 32.6 Å². The second-order valence-corrected chi connectivity index (χ2v) is 13.2. The van der Waals surface area contributed by atoms with E-state index in [4.69, 9.17) is 11.6 Å². The minimum absolute atomic E-state index is 0.0225. The lowest BCUT2D eigenvalue weighted by Gasteiger charge is -2.35. The molecule has 1 fully saturated rings. The minimum atomic E-state index is -3.98. The van der Waals surface area contributed by atoms with Gasteiger partial charge in [0.1, 0.15) is 18.4 Å². The molecule has 3 aromatic rings. The van der Waals surface area contributed by atoms with Crippen molar-refractivity contribution < 1.29 is 22.4 Å². The maximum Gasteiger partial charge on any atom is 0.244 e. The fourth-order valence-corrected chi connectivity index (χ4v) is 6.38. The Morgan fingerprint density at radius 2 is 1.67 bits per heavy atom. The lowest BCUT2D eigenvalue weighted by atomic mass is 9.94. The average molecular weight is 614 g/mol. The number of sulfonamides is 1. The Kier molecular flexibility index (Phi) is 10.6. The van der Waals surface area contributed by atoms with Crippen LogP contribution >= 0.6 is 11.6 Å². The largest absolute Gasteiger partial charge is 0.352 e. The summed E-state index contributed by atoms with van der Waals surface area (Å²) in [6.45, 7) is 1.45. The lowest BCUT2D eigenvalue weighted by Crippen LogP contribution is -2.55. The van der Waals surface area contributed by atoms with E-state index in [0.29, 0.717) is 0 Å². The number of hydrogen-bond acceptors (Lipinski definition) is 4. The SMILES string of the molecule is Cc1cccc(CN(C(=O)CN(c2ccc(F)c(Cl)c2)S(C)(=O)=O)[C@@H](Cc2ccccc2)C(=O)NC2CCCCC2)c1. The van der Waals surface area contributed by atoms with Gasteiger partial charge in [-0.1, -0.05) is 91.0 Å². The number of nitrogens with one attached hydrogen (secondary N) is 1. The number of nitrogens with zero attached hydrogens (tertiary/aromatic N) is 2. The molecule has 0 aromatic heterocycles. The highest BCUT2D eigenvalue weighted by Crippen LogP contribution is 2.26. The molecule has 1 atom stereocenters. The van der Waals surface area contributed by atoms with Gasteiger partial charge in [0, 0.05) is 19.0 Å². The van der Waals surface area contributed by atoms with Crippen LogP contribution in [0.1, 0.15) is 48.8 Å². The predicted molar refractivity (Wildman–Crippen MR) is 164 cm³/mol. The predicted octanol–water partition coefficient (Wildman–Crippen LogP) is 5.64. The summed E-state index contributed by atoms with van der Waals surface area (Å²) in [6, 6.07) is 19.7. The highest BCUT2D eigenvalue weighted by atomic mass is 35.5. The van der Waals surface area contributed by atoms with Gasteiger partial charge in [-0.2, -0.15) is 0 Å². The van der Waals surface area contributed by atoms with E-state index in [1.165, 1.54) is 17.0 Å². The van der Waals surface area contributed by atoms with Crippen molar-refractivity contribution >= 4 is 39.1 Å². The number of amides is 2. The van der Waals surface area contributed by atoms with E-state index in [1.807, 2.05) is 61.5 Å². The number of benzene rings is 3. The Labute approximate surface area is 252 Å². The molecular formula is C32H37ClFN3O4S. The van der Waals surface area contributed by atoms with Gasteiger partial charge in [0.05, 0.1) is 17.0 Å². The van der Waals surface area contributed by atoms with Gasteiger partial charge in [-0.15, -0.1) is 0 Å². The van der Waals surface area contributed by atoms with E-state index in [0.717, 1.165) is 65.4 Å². The van der Waals surface area contributed by atoms with Crippen molar-refractivity contribution in [3.05, 3.63) is 100 Å². The van der Waals surface area contributed by atoms with E-state index in [2.05, 4.69) is 5.32 Å². The summed E-state index contributed by atoms with van der Waals surface area (Å²) in [5, 5.41) is 2.91. The molecule has 1 aliphatic rings. The molecule has 1 N–H and O–H groups in total. The van der Waals surface area contributed by atoms with Crippen molar-refractivity contribution in [2.45, 2.75) is 64.1 Å². The fraction of sp³-hybridized carbons (Fsp3) is 0.375. The van der Waals surface area contributed by atoms with E-state index >= 15 is 0 Å². The van der Waals surface area contributed by atoms with Crippen molar-refractivity contribution in [1.82, 2.24) is 10.2 Å². The fourth-order valence-electron chi connectivity index (χ4n) is 5.36. The molecule has 0 bridgehead atoms. The second kappa shape index (κ2) is 14.2. The molecule has 3 aromatic carbocycles. The van der Waals surface area contributed by atoms with Crippen LogP contribution < -0.4 is 9.62 Å². The molecule has 0 aliphatic heterocycles. The summed E-state index contributed by atoms with van der Waals surface area (Å²) >= 11 is 5.96. The van der Waals surface area contributed by atoms with Crippen molar-refractivity contribution in [2.75, 3.05) is 17.1 Å². The molecular weight excluding hydrogens is 577 g/mol. The van der Waals surface area contributed by atoms with Crippen molar-refractivity contribution in [2.24, 2.45) is 0 Å². The summed E-state index contributed by atoms with van der Waals surface area (Å²) in [4.78, 5) is 29.6. The van der Waals surface area contributed by atoms with E-state index in [9.17, 15) is 22.4 Å². The number of carbonyl (C=O) groups excluding carboxylic acids is 2. The average Bonchev–Trinajstić information content (AvgIpc) is 2.95. The molecule has 1 saturated carbocycles. The monoisotopic (exact) mass is 613 g/mol. The highest BCUT2D eigenvalue weighted by Gasteiger charge is 2.34. The molecule has 0 unspecified atom stereocenters. The molecule has 0 heterocycles. The van der Waals surface area contributed by atoms with Gasteiger partial charge in [0.2, 0.25) is 21.8 Å². The van der Waals surface area contributed by atoms with Crippen LogP contribution in [0.25, 0.3) is 0 Å². The Bertz CT molecular complexity index is 1500. The van der Waals surface area contributed by atoms with Crippen LogP contribution in [0.2, 0.25) is 5.02 Å². The topological polar surface area (TPSA) is 86.8 Å². The smallest absolute Gasteiger partial charge is 0.244 e. The third kappa shape index (κ3) is 8.55. The zero-order chi connectivity index (χ0) is 30.3. The number of rotatable bonds is 11. The highest BCUT2D eigenvalue weighted by molar-refractivity contribution is 7.92. The van der Waals surface area contributed by atoms with E-state index in [1.54, 1.807) is 0 Å². The van der Waals surface area contributed by atoms with Crippen LogP contribution in [0.3, 0.4) is 0 Å². The number of aryl methyl sites for hydroxylation is 1. The van der Waals surface area contributed by atoms with Crippen LogP contribution in [0.4, 0.5) is 10.1 Å².